The van der Waals surface area contributed by atoms with Gasteiger partial charge in [0.15, 0.2) is 0 Å². The van der Waals surface area contributed by atoms with Crippen LogP contribution in [0.3, 0.4) is 0 Å². The standard InChI is InChI=1S/C19H18F3N3O/c20-19(21,22)14-9-7-13(8-10-14)12-18(26)23-11-3-6-17-24-15-4-1-2-5-16(15)25-17/h1-2,4-5,7-10H,3,6,11-12H2,(H,23,26)(H,24,25). The van der Waals surface area contributed by atoms with Crippen molar-refractivity contribution in [2.75, 3.05) is 6.54 Å². The van der Waals surface area contributed by atoms with Gasteiger partial charge in [0.1, 0.15) is 5.82 Å². The van der Waals surface area contributed by atoms with E-state index in [0.29, 0.717) is 18.5 Å². The number of nitrogens with one attached hydrogen (secondary N) is 2. The molecule has 4 nitrogen and oxygen atoms in total. The number of aromatic nitrogens is 2. The molecule has 0 fully saturated rings. The summed E-state index contributed by atoms with van der Waals surface area (Å²) in [6, 6.07) is 12.4. The van der Waals surface area contributed by atoms with E-state index in [9.17, 15) is 18.0 Å². The lowest BCUT2D eigenvalue weighted by atomic mass is 10.1. The summed E-state index contributed by atoms with van der Waals surface area (Å²) in [6.45, 7) is 0.483. The van der Waals surface area contributed by atoms with Crippen LogP contribution in [0, 0.1) is 0 Å². The summed E-state index contributed by atoms with van der Waals surface area (Å²) < 4.78 is 37.5. The number of hydrogen-bond donors (Lipinski definition) is 2. The number of benzene rings is 2. The highest BCUT2D eigenvalue weighted by Gasteiger charge is 2.29. The van der Waals surface area contributed by atoms with Gasteiger partial charge in [0.2, 0.25) is 5.91 Å². The average Bonchev–Trinajstić information content (AvgIpc) is 3.01. The molecule has 3 aromatic rings. The number of H-pyrrole nitrogens is 1. The zero-order valence-corrected chi connectivity index (χ0v) is 13.9. The van der Waals surface area contributed by atoms with Crippen molar-refractivity contribution < 1.29 is 18.0 Å². The van der Waals surface area contributed by atoms with Gasteiger partial charge in [-0.3, -0.25) is 4.79 Å². The van der Waals surface area contributed by atoms with Crippen molar-refractivity contribution in [2.45, 2.75) is 25.4 Å². The minimum absolute atomic E-state index is 0.0583. The van der Waals surface area contributed by atoms with Crippen molar-refractivity contribution in [1.82, 2.24) is 15.3 Å². The maximum atomic E-state index is 12.5. The van der Waals surface area contributed by atoms with Crippen LogP contribution in [0.4, 0.5) is 13.2 Å². The highest BCUT2D eigenvalue weighted by atomic mass is 19.4. The van der Waals surface area contributed by atoms with Gasteiger partial charge in [0, 0.05) is 13.0 Å². The molecule has 0 spiro atoms. The predicted molar refractivity (Wildman–Crippen MR) is 92.6 cm³/mol. The summed E-state index contributed by atoms with van der Waals surface area (Å²) in [5.41, 5.74) is 1.72. The molecule has 0 unspecified atom stereocenters. The van der Waals surface area contributed by atoms with Crippen molar-refractivity contribution in [1.29, 1.82) is 0 Å². The topological polar surface area (TPSA) is 57.8 Å². The number of para-hydroxylation sites is 2. The van der Waals surface area contributed by atoms with Crippen LogP contribution < -0.4 is 5.32 Å². The fraction of sp³-hybridized carbons (Fsp3) is 0.263. The molecular formula is C19H18F3N3O. The number of nitrogens with zero attached hydrogens (tertiary/aromatic N) is 1. The van der Waals surface area contributed by atoms with Crippen LogP contribution in [-0.2, 0) is 23.8 Å². The molecule has 0 aliphatic heterocycles. The fourth-order valence-electron chi connectivity index (χ4n) is 2.67. The number of carbonyl (C=O) groups excluding carboxylic acids is 1. The second-order valence-electron chi connectivity index (χ2n) is 6.03. The number of aryl methyl sites for hydroxylation is 1. The molecule has 1 amide bonds. The lowest BCUT2D eigenvalue weighted by Crippen LogP contribution is -2.26. The number of fused-ring (bicyclic) bond motifs is 1. The largest absolute Gasteiger partial charge is 0.416 e. The van der Waals surface area contributed by atoms with E-state index in [0.717, 1.165) is 35.4 Å². The Hall–Kier alpha value is -2.83. The third-order valence-corrected chi connectivity index (χ3v) is 4.00. The van der Waals surface area contributed by atoms with Crippen LogP contribution in [0.1, 0.15) is 23.4 Å². The number of imidazole rings is 1. The number of amides is 1. The maximum absolute atomic E-state index is 12.5. The van der Waals surface area contributed by atoms with E-state index in [1.807, 2.05) is 24.3 Å². The SMILES string of the molecule is O=C(Cc1ccc(C(F)(F)F)cc1)NCCCc1nc2ccccc2[nH]1. The Morgan fingerprint density at radius 1 is 1.08 bits per heavy atom. The molecule has 3 rings (SSSR count). The summed E-state index contributed by atoms with van der Waals surface area (Å²) in [6.07, 6.45) is -2.88. The summed E-state index contributed by atoms with van der Waals surface area (Å²) >= 11 is 0. The van der Waals surface area contributed by atoms with Gasteiger partial charge in [0.05, 0.1) is 23.0 Å². The monoisotopic (exact) mass is 361 g/mol. The third kappa shape index (κ3) is 4.62. The van der Waals surface area contributed by atoms with Crippen molar-refractivity contribution in [2.24, 2.45) is 0 Å². The molecule has 136 valence electrons. The van der Waals surface area contributed by atoms with Gasteiger partial charge in [-0.25, -0.2) is 4.98 Å². The maximum Gasteiger partial charge on any atom is 0.416 e. The average molecular weight is 361 g/mol. The van der Waals surface area contributed by atoms with Crippen molar-refractivity contribution >= 4 is 16.9 Å². The first-order chi connectivity index (χ1) is 12.4. The number of rotatable bonds is 6. The third-order valence-electron chi connectivity index (χ3n) is 4.00. The molecule has 26 heavy (non-hydrogen) atoms. The van der Waals surface area contributed by atoms with Crippen LogP contribution in [0.2, 0.25) is 0 Å². The zero-order chi connectivity index (χ0) is 18.6. The number of aromatic amines is 1. The Kier molecular flexibility index (Phi) is 5.25. The summed E-state index contributed by atoms with van der Waals surface area (Å²) in [5, 5.41) is 2.78. The first-order valence-corrected chi connectivity index (χ1v) is 8.28. The second-order valence-corrected chi connectivity index (χ2v) is 6.03. The molecule has 0 bridgehead atoms. The molecule has 2 aromatic carbocycles. The molecule has 1 aromatic heterocycles. The summed E-state index contributed by atoms with van der Waals surface area (Å²) in [5.74, 6) is 0.651. The Bertz CT molecular complexity index is 852. The minimum Gasteiger partial charge on any atom is -0.356 e. The zero-order valence-electron chi connectivity index (χ0n) is 13.9. The predicted octanol–water partition coefficient (Wildman–Crippen LogP) is 3.87. The molecule has 0 aliphatic carbocycles. The lowest BCUT2D eigenvalue weighted by Gasteiger charge is -2.08. The van der Waals surface area contributed by atoms with E-state index < -0.39 is 11.7 Å². The second kappa shape index (κ2) is 7.59. The first-order valence-electron chi connectivity index (χ1n) is 8.28. The number of carbonyl (C=O) groups is 1. The summed E-state index contributed by atoms with van der Waals surface area (Å²) in [7, 11) is 0. The highest BCUT2D eigenvalue weighted by molar-refractivity contribution is 5.78. The van der Waals surface area contributed by atoms with Gasteiger partial charge in [0.25, 0.3) is 0 Å². The van der Waals surface area contributed by atoms with Gasteiger partial charge in [-0.1, -0.05) is 24.3 Å². The van der Waals surface area contributed by atoms with Crippen LogP contribution in [0.25, 0.3) is 11.0 Å². The number of hydrogen-bond acceptors (Lipinski definition) is 2. The van der Waals surface area contributed by atoms with Crippen LogP contribution in [0.5, 0.6) is 0 Å². The molecule has 1 heterocycles. The number of alkyl halides is 3. The van der Waals surface area contributed by atoms with Crippen molar-refractivity contribution in [3.63, 3.8) is 0 Å². The first kappa shape index (κ1) is 18.0. The Morgan fingerprint density at radius 2 is 1.81 bits per heavy atom. The molecule has 0 radical (unpaired) electrons. The quantitative estimate of drug-likeness (QED) is 0.655. The fourth-order valence-corrected chi connectivity index (χ4v) is 2.67. The Labute approximate surface area is 148 Å². The molecule has 0 atom stereocenters. The van der Waals surface area contributed by atoms with E-state index in [1.165, 1.54) is 12.1 Å². The van der Waals surface area contributed by atoms with Gasteiger partial charge < -0.3 is 10.3 Å². The molecule has 7 heteroatoms. The molecule has 0 saturated heterocycles. The van der Waals surface area contributed by atoms with E-state index >= 15 is 0 Å². The highest BCUT2D eigenvalue weighted by Crippen LogP contribution is 2.29. The summed E-state index contributed by atoms with van der Waals surface area (Å²) in [4.78, 5) is 19.6. The molecule has 0 aliphatic rings. The van der Waals surface area contributed by atoms with E-state index in [-0.39, 0.29) is 12.3 Å². The normalized spacial score (nSPS) is 11.7. The van der Waals surface area contributed by atoms with Crippen LogP contribution in [0.15, 0.2) is 48.5 Å². The van der Waals surface area contributed by atoms with E-state index in [2.05, 4.69) is 15.3 Å². The van der Waals surface area contributed by atoms with Crippen LogP contribution in [-0.4, -0.2) is 22.4 Å². The minimum atomic E-state index is -4.36. The van der Waals surface area contributed by atoms with Gasteiger partial charge >= 0.3 is 6.18 Å². The Morgan fingerprint density at radius 3 is 2.50 bits per heavy atom. The van der Waals surface area contributed by atoms with Crippen molar-refractivity contribution in [3.05, 3.63) is 65.5 Å². The van der Waals surface area contributed by atoms with Crippen LogP contribution >= 0.6 is 0 Å². The van der Waals surface area contributed by atoms with E-state index in [4.69, 9.17) is 0 Å². The molecular weight excluding hydrogens is 343 g/mol. The molecule has 0 saturated carbocycles. The smallest absolute Gasteiger partial charge is 0.356 e. The van der Waals surface area contributed by atoms with Gasteiger partial charge in [-0.15, -0.1) is 0 Å². The van der Waals surface area contributed by atoms with E-state index in [1.54, 1.807) is 0 Å². The lowest BCUT2D eigenvalue weighted by molar-refractivity contribution is -0.137. The van der Waals surface area contributed by atoms with Crippen molar-refractivity contribution in [3.8, 4) is 0 Å². The van der Waals surface area contributed by atoms with Gasteiger partial charge in [-0.05, 0) is 36.2 Å². The Balaban J connectivity index is 1.42. The number of halogens is 3. The van der Waals surface area contributed by atoms with Gasteiger partial charge in [-0.2, -0.15) is 13.2 Å². The molecule has 2 N–H and O–H groups in total.